The summed E-state index contributed by atoms with van der Waals surface area (Å²) in [5.74, 6) is -3.38. The van der Waals surface area contributed by atoms with E-state index in [9.17, 15) is 24.6 Å². The standard InChI is InChI=1S/C24H29N7O5/c1-12-26-20-16(10-30-18(32)8-9-19(30)33)27-22(25)31-11-17(24(35,36)23(20,31)29-12)28-21(34)15-7-3-5-13-4-2-6-14(13)15/h3,5,7,16-17,20,26,29,35-36H,1-2,4,6,8-11H2,(H2,25,27)(H,28,34)/t16-,17-,20-,23-/m0/s1. The number of imide groups is 1. The number of aliphatic hydroxyl groups is 2. The van der Waals surface area contributed by atoms with Crippen molar-refractivity contribution in [3.8, 4) is 0 Å². The number of nitrogens with zero attached hydrogens (tertiary/aromatic N) is 2. The van der Waals surface area contributed by atoms with E-state index in [1.165, 1.54) is 4.90 Å². The van der Waals surface area contributed by atoms with Gasteiger partial charge in [-0.15, -0.1) is 0 Å². The van der Waals surface area contributed by atoms with Crippen molar-refractivity contribution in [3.05, 3.63) is 47.3 Å². The van der Waals surface area contributed by atoms with E-state index < -0.39 is 35.5 Å². The summed E-state index contributed by atoms with van der Waals surface area (Å²) in [6, 6.07) is 2.91. The van der Waals surface area contributed by atoms with Gasteiger partial charge in [0.25, 0.3) is 5.91 Å². The predicted octanol–water partition coefficient (Wildman–Crippen LogP) is -1.95. The number of benzene rings is 1. The van der Waals surface area contributed by atoms with E-state index in [0.717, 1.165) is 35.3 Å². The first kappa shape index (κ1) is 22.8. The predicted molar refractivity (Wildman–Crippen MR) is 126 cm³/mol. The normalized spacial score (nSPS) is 32.0. The van der Waals surface area contributed by atoms with Crippen LogP contribution in [-0.2, 0) is 22.4 Å². The van der Waals surface area contributed by atoms with Gasteiger partial charge in [0, 0.05) is 24.9 Å². The number of hydrogen-bond acceptors (Lipinski definition) is 8. The molecule has 0 saturated carbocycles. The molecule has 5 aliphatic rings. The molecule has 1 aromatic carbocycles. The number of aryl methyl sites for hydroxylation is 1. The van der Waals surface area contributed by atoms with E-state index in [0.29, 0.717) is 11.4 Å². The Hall–Kier alpha value is -3.64. The molecule has 4 saturated heterocycles. The molecule has 4 heterocycles. The Balaban J connectivity index is 1.31. The molecule has 12 heteroatoms. The van der Waals surface area contributed by atoms with Crippen molar-refractivity contribution in [2.45, 2.75) is 61.7 Å². The second-order valence-electron chi connectivity index (χ2n) is 10.1. The molecule has 1 spiro atoms. The van der Waals surface area contributed by atoms with Gasteiger partial charge in [-0.2, -0.15) is 0 Å². The number of carbonyl (C=O) groups is 3. The van der Waals surface area contributed by atoms with Gasteiger partial charge in [-0.25, -0.2) is 0 Å². The maximum absolute atomic E-state index is 13.3. The summed E-state index contributed by atoms with van der Waals surface area (Å²) >= 11 is 0. The number of likely N-dealkylation sites (tertiary alicyclic amines) is 1. The smallest absolute Gasteiger partial charge is 0.252 e. The molecule has 12 nitrogen and oxygen atoms in total. The molecule has 1 aliphatic carbocycles. The van der Waals surface area contributed by atoms with Gasteiger partial charge >= 0.3 is 0 Å². The van der Waals surface area contributed by atoms with Gasteiger partial charge in [-0.05, 0) is 36.5 Å². The molecule has 190 valence electrons. The monoisotopic (exact) mass is 495 g/mol. The number of hydrogen-bond donors (Lipinski definition) is 7. The van der Waals surface area contributed by atoms with Gasteiger partial charge in [-0.1, -0.05) is 18.7 Å². The minimum atomic E-state index is -2.54. The van der Waals surface area contributed by atoms with Crippen molar-refractivity contribution in [2.24, 2.45) is 0 Å². The first-order chi connectivity index (χ1) is 17.1. The third kappa shape index (κ3) is 3.00. The molecule has 3 amide bonds. The highest BCUT2D eigenvalue weighted by Gasteiger charge is 2.74. The van der Waals surface area contributed by atoms with Crippen LogP contribution in [0.2, 0.25) is 0 Å². The lowest BCUT2D eigenvalue weighted by atomic mass is 9.84. The molecule has 0 radical (unpaired) electrons. The molecule has 4 atom stereocenters. The van der Waals surface area contributed by atoms with Crippen LogP contribution in [0.15, 0.2) is 30.6 Å². The quantitative estimate of drug-likeness (QED) is 0.185. The summed E-state index contributed by atoms with van der Waals surface area (Å²) in [6.07, 6.45) is 2.93. The van der Waals surface area contributed by atoms with Crippen LogP contribution in [0, 0.1) is 5.41 Å². The zero-order valence-electron chi connectivity index (χ0n) is 19.6. The molecule has 4 aliphatic heterocycles. The Morgan fingerprint density at radius 3 is 2.67 bits per heavy atom. The topological polar surface area (TPSA) is 170 Å². The van der Waals surface area contributed by atoms with E-state index in [1.807, 2.05) is 12.1 Å². The van der Waals surface area contributed by atoms with Gasteiger partial charge in [0.05, 0.1) is 24.4 Å². The Morgan fingerprint density at radius 1 is 1.17 bits per heavy atom. The van der Waals surface area contributed by atoms with Gasteiger partial charge in [0.1, 0.15) is 6.04 Å². The van der Waals surface area contributed by atoms with E-state index in [-0.39, 0.29) is 43.7 Å². The molecule has 0 bridgehead atoms. The fourth-order valence-electron chi connectivity index (χ4n) is 6.50. The summed E-state index contributed by atoms with van der Waals surface area (Å²) < 4.78 is 0. The van der Waals surface area contributed by atoms with Crippen molar-refractivity contribution < 1.29 is 24.6 Å². The minimum Gasteiger partial charge on any atom is -0.363 e. The van der Waals surface area contributed by atoms with Crippen LogP contribution in [-0.4, -0.2) is 86.4 Å². The first-order valence-corrected chi connectivity index (χ1v) is 12.2. The molecule has 0 aromatic heterocycles. The van der Waals surface area contributed by atoms with Crippen LogP contribution in [0.3, 0.4) is 0 Å². The lowest BCUT2D eigenvalue weighted by Crippen LogP contribution is -2.81. The summed E-state index contributed by atoms with van der Waals surface area (Å²) in [5.41, 5.74) is 0.951. The molecule has 1 aromatic rings. The lowest BCUT2D eigenvalue weighted by Gasteiger charge is -2.51. The van der Waals surface area contributed by atoms with Crippen molar-refractivity contribution in [2.75, 3.05) is 13.1 Å². The van der Waals surface area contributed by atoms with Crippen LogP contribution < -0.4 is 21.3 Å². The fraction of sp³-hybridized carbons (Fsp3) is 0.500. The summed E-state index contributed by atoms with van der Waals surface area (Å²) in [4.78, 5) is 40.4. The third-order valence-electron chi connectivity index (χ3n) is 8.18. The number of rotatable bonds is 4. The number of fused-ring (bicyclic) bond motifs is 1. The van der Waals surface area contributed by atoms with Crippen LogP contribution in [0.4, 0.5) is 0 Å². The van der Waals surface area contributed by atoms with Crippen LogP contribution in [0.5, 0.6) is 0 Å². The Morgan fingerprint density at radius 2 is 1.92 bits per heavy atom. The maximum Gasteiger partial charge on any atom is 0.252 e. The molecule has 36 heavy (non-hydrogen) atoms. The van der Waals surface area contributed by atoms with E-state index >= 15 is 0 Å². The molecule has 6 rings (SSSR count). The minimum absolute atomic E-state index is 0.0501. The molecule has 0 unspecified atom stereocenters. The van der Waals surface area contributed by atoms with Gasteiger partial charge in [0.2, 0.25) is 17.6 Å². The van der Waals surface area contributed by atoms with Gasteiger partial charge < -0.3 is 36.4 Å². The summed E-state index contributed by atoms with van der Waals surface area (Å²) in [6.45, 7) is 3.78. The van der Waals surface area contributed by atoms with Crippen LogP contribution >= 0.6 is 0 Å². The zero-order valence-corrected chi connectivity index (χ0v) is 19.6. The fourth-order valence-corrected chi connectivity index (χ4v) is 6.50. The third-order valence-corrected chi connectivity index (χ3v) is 8.18. The highest BCUT2D eigenvalue weighted by molar-refractivity contribution is 6.02. The first-order valence-electron chi connectivity index (χ1n) is 12.2. The van der Waals surface area contributed by atoms with Gasteiger partial charge in [-0.3, -0.25) is 24.7 Å². The van der Waals surface area contributed by atoms with Crippen LogP contribution in [0.1, 0.15) is 40.7 Å². The average Bonchev–Trinajstić information content (AvgIpc) is 3.57. The maximum atomic E-state index is 13.3. The lowest BCUT2D eigenvalue weighted by molar-refractivity contribution is -0.233. The van der Waals surface area contributed by atoms with E-state index in [1.54, 1.807) is 6.07 Å². The number of carbonyl (C=O) groups excluding carboxylic acids is 3. The van der Waals surface area contributed by atoms with Crippen molar-refractivity contribution in [1.29, 1.82) is 5.41 Å². The zero-order chi connectivity index (χ0) is 25.4. The van der Waals surface area contributed by atoms with E-state index in [4.69, 9.17) is 5.41 Å². The number of nitrogens with one attached hydrogen (secondary N) is 5. The van der Waals surface area contributed by atoms with Gasteiger partial charge in [0.15, 0.2) is 11.6 Å². The van der Waals surface area contributed by atoms with Crippen molar-refractivity contribution >= 4 is 23.7 Å². The largest absolute Gasteiger partial charge is 0.363 e. The van der Waals surface area contributed by atoms with Crippen molar-refractivity contribution in [3.63, 3.8) is 0 Å². The van der Waals surface area contributed by atoms with Crippen LogP contribution in [0.25, 0.3) is 0 Å². The highest BCUT2D eigenvalue weighted by Crippen LogP contribution is 2.44. The Labute approximate surface area is 207 Å². The molecular weight excluding hydrogens is 466 g/mol. The average molecular weight is 496 g/mol. The molecular formula is C24H29N7O5. The Kier molecular flexibility index (Phi) is 4.86. The summed E-state index contributed by atoms with van der Waals surface area (Å²) in [7, 11) is 0. The summed E-state index contributed by atoms with van der Waals surface area (Å²) in [5, 5.41) is 43.8. The number of amides is 3. The Bertz CT molecular complexity index is 1200. The van der Waals surface area contributed by atoms with E-state index in [2.05, 4.69) is 27.8 Å². The highest BCUT2D eigenvalue weighted by atomic mass is 16.5. The second kappa shape index (κ2) is 7.68. The SMILES string of the molecule is C=C1N[C@H]2[C@H](CN3C(=O)CCC3=O)NC(=N)N3C[C@H](NC(=O)c4cccc5c4CCC5)C(O)(O)[C@]23N1. The second-order valence-corrected chi connectivity index (χ2v) is 10.1. The molecule has 4 fully saturated rings. The number of guanidine groups is 1. The van der Waals surface area contributed by atoms with Crippen molar-refractivity contribution in [1.82, 2.24) is 31.1 Å². The molecule has 7 N–H and O–H groups in total.